The maximum Gasteiger partial charge on any atom is 0.311 e. The van der Waals surface area contributed by atoms with Gasteiger partial charge in [0, 0.05) is 10.0 Å². The van der Waals surface area contributed by atoms with E-state index in [1.54, 1.807) is 31.2 Å². The topological polar surface area (TPSA) is 124 Å². The van der Waals surface area contributed by atoms with Crippen molar-refractivity contribution in [1.29, 1.82) is 0 Å². The molecule has 0 heterocycles. The van der Waals surface area contributed by atoms with Gasteiger partial charge in [0.1, 0.15) is 0 Å². The molecular weight excluding hydrogens is 612 g/mol. The Labute approximate surface area is 264 Å². The Bertz CT molecular complexity index is 1160. The summed E-state index contributed by atoms with van der Waals surface area (Å²) in [5.74, 6) is -0.155. The van der Waals surface area contributed by atoms with Gasteiger partial charge in [0.2, 0.25) is 0 Å². The van der Waals surface area contributed by atoms with Gasteiger partial charge in [-0.3, -0.25) is 9.59 Å². The Hall–Kier alpha value is -1.32. The molecular formula is C35H51BrO7. The third kappa shape index (κ3) is 6.13. The van der Waals surface area contributed by atoms with Crippen LogP contribution >= 0.6 is 15.9 Å². The highest BCUT2D eigenvalue weighted by Crippen LogP contribution is 2.68. The molecule has 0 saturated heterocycles. The number of fused-ring (bicyclic) bond motifs is 5. The lowest BCUT2D eigenvalue weighted by Crippen LogP contribution is -2.62. The Kier molecular flexibility index (Phi) is 9.86. The number of esters is 1. The number of hydrogen-bond acceptors (Lipinski definition) is 7. The van der Waals surface area contributed by atoms with Crippen molar-refractivity contribution in [2.75, 3.05) is 6.61 Å². The first-order valence-electron chi connectivity index (χ1n) is 16.4. The molecule has 4 saturated carbocycles. The molecule has 0 spiro atoms. The first kappa shape index (κ1) is 33.1. The summed E-state index contributed by atoms with van der Waals surface area (Å²) in [5.41, 5.74) is 0.208. The van der Waals surface area contributed by atoms with Gasteiger partial charge in [0.15, 0.2) is 12.4 Å². The molecule has 13 atom stereocenters. The van der Waals surface area contributed by atoms with Crippen molar-refractivity contribution in [2.24, 2.45) is 52.3 Å². The van der Waals surface area contributed by atoms with Crippen LogP contribution in [0.1, 0.15) is 95.8 Å². The number of rotatable bonds is 9. The lowest BCUT2D eigenvalue weighted by molar-refractivity contribution is -0.207. The normalized spacial score (nSPS) is 40.9. The van der Waals surface area contributed by atoms with E-state index in [1.165, 1.54) is 0 Å². The van der Waals surface area contributed by atoms with E-state index in [4.69, 9.17) is 4.74 Å². The molecule has 4 fully saturated rings. The minimum Gasteiger partial charge on any atom is -0.457 e. The van der Waals surface area contributed by atoms with Crippen LogP contribution in [0.25, 0.3) is 0 Å². The molecule has 7 nitrogen and oxygen atoms in total. The summed E-state index contributed by atoms with van der Waals surface area (Å²) in [5, 5.41) is 44.5. The quantitative estimate of drug-likeness (QED) is 0.202. The van der Waals surface area contributed by atoms with Gasteiger partial charge in [-0.2, -0.15) is 0 Å². The second kappa shape index (κ2) is 12.8. The highest BCUT2D eigenvalue weighted by Gasteiger charge is 2.65. The standard InChI is InChI=1S/C35H51BrO7/c1-19(5-12-28(38)20(2)33(42)43-18-30(40)21-6-8-23(36)9-7-21)25-10-11-26-32-27(17-31(41)35(25,26)4)34(3)14-13-24(37)15-22(34)16-29(32)39/h6-9,19-20,22,24-29,31-32,37-39,41H,5,10-18H2,1-4H3/t19-,20-,22+,24-,25-,26+,27+,28+,29-,31+,32+,34+,35-/m1/s1. The number of ether oxygens (including phenoxy) is 1. The predicted molar refractivity (Wildman–Crippen MR) is 167 cm³/mol. The van der Waals surface area contributed by atoms with Crippen molar-refractivity contribution in [3.63, 3.8) is 0 Å². The predicted octanol–water partition coefficient (Wildman–Crippen LogP) is 5.55. The molecule has 1 aromatic carbocycles. The number of aliphatic hydroxyl groups excluding tert-OH is 4. The minimum absolute atomic E-state index is 0.0485. The number of carbonyl (C=O) groups is 2. The SMILES string of the molecule is C[C@H](CC[C@H](O)[C@@H](C)C(=O)OCC(=O)c1ccc(Br)cc1)[C@H]1CC[C@H]2[C@@H]3[C@H](O)C[C@@H]4C[C@H](O)CC[C@]4(C)[C@H]3C[C@H](O)[C@]12C. The summed E-state index contributed by atoms with van der Waals surface area (Å²) in [6.07, 6.45) is 5.06. The fraction of sp³-hybridized carbons (Fsp3) is 0.771. The van der Waals surface area contributed by atoms with E-state index in [2.05, 4.69) is 36.7 Å². The van der Waals surface area contributed by atoms with Gasteiger partial charge in [-0.1, -0.05) is 48.8 Å². The van der Waals surface area contributed by atoms with Crippen molar-refractivity contribution in [3.8, 4) is 0 Å². The average molecular weight is 664 g/mol. The summed E-state index contributed by atoms with van der Waals surface area (Å²) in [6.45, 7) is 8.06. The molecule has 0 aliphatic heterocycles. The number of Topliss-reactive ketones (excluding diaryl/α,β-unsaturated/α-hetero) is 1. The summed E-state index contributed by atoms with van der Waals surface area (Å²) in [4.78, 5) is 25.0. The lowest BCUT2D eigenvalue weighted by Gasteiger charge is -2.63. The van der Waals surface area contributed by atoms with E-state index >= 15 is 0 Å². The van der Waals surface area contributed by atoms with Crippen LogP contribution < -0.4 is 0 Å². The molecule has 4 aliphatic rings. The first-order chi connectivity index (χ1) is 20.3. The second-order valence-corrected chi connectivity index (χ2v) is 15.9. The average Bonchev–Trinajstić information content (AvgIpc) is 3.34. The highest BCUT2D eigenvalue weighted by atomic mass is 79.9. The van der Waals surface area contributed by atoms with Crippen LogP contribution in [-0.2, 0) is 9.53 Å². The molecule has 240 valence electrons. The molecule has 4 N–H and O–H groups in total. The summed E-state index contributed by atoms with van der Waals surface area (Å²) < 4.78 is 6.12. The van der Waals surface area contributed by atoms with Gasteiger partial charge in [0.05, 0.1) is 30.3 Å². The Morgan fingerprint density at radius 2 is 1.67 bits per heavy atom. The molecule has 8 heteroatoms. The summed E-state index contributed by atoms with van der Waals surface area (Å²) in [7, 11) is 0. The van der Waals surface area contributed by atoms with Gasteiger partial charge < -0.3 is 25.2 Å². The number of carbonyl (C=O) groups excluding carboxylic acids is 2. The largest absolute Gasteiger partial charge is 0.457 e. The molecule has 0 bridgehead atoms. The Morgan fingerprint density at radius 1 is 0.977 bits per heavy atom. The fourth-order valence-electron chi connectivity index (χ4n) is 10.2. The monoisotopic (exact) mass is 662 g/mol. The third-order valence-corrected chi connectivity index (χ3v) is 13.4. The van der Waals surface area contributed by atoms with Gasteiger partial charge in [-0.15, -0.1) is 0 Å². The molecule has 5 rings (SSSR count). The van der Waals surface area contributed by atoms with Gasteiger partial charge in [-0.05, 0) is 123 Å². The van der Waals surface area contributed by atoms with E-state index < -0.39 is 30.2 Å². The van der Waals surface area contributed by atoms with Crippen molar-refractivity contribution in [3.05, 3.63) is 34.3 Å². The lowest BCUT2D eigenvalue weighted by atomic mass is 9.43. The number of halogens is 1. The molecule has 0 aromatic heterocycles. The van der Waals surface area contributed by atoms with Crippen molar-refractivity contribution in [2.45, 2.75) is 110 Å². The number of ketones is 1. The van der Waals surface area contributed by atoms with E-state index in [9.17, 15) is 30.0 Å². The van der Waals surface area contributed by atoms with Crippen LogP contribution in [0.5, 0.6) is 0 Å². The number of hydrogen-bond donors (Lipinski definition) is 4. The highest BCUT2D eigenvalue weighted by molar-refractivity contribution is 9.10. The zero-order valence-corrected chi connectivity index (χ0v) is 27.7. The van der Waals surface area contributed by atoms with E-state index in [0.717, 1.165) is 43.0 Å². The van der Waals surface area contributed by atoms with Gasteiger partial charge in [0.25, 0.3) is 0 Å². The maximum atomic E-state index is 12.7. The van der Waals surface area contributed by atoms with Gasteiger partial charge >= 0.3 is 5.97 Å². The third-order valence-electron chi connectivity index (χ3n) is 12.9. The van der Waals surface area contributed by atoms with Crippen molar-refractivity contribution >= 4 is 27.7 Å². The molecule has 1 aromatic rings. The molecule has 4 aliphatic carbocycles. The van der Waals surface area contributed by atoms with Crippen LogP contribution in [0, 0.1) is 52.3 Å². The Balaban J connectivity index is 1.17. The molecule has 0 radical (unpaired) electrons. The minimum atomic E-state index is -0.887. The second-order valence-electron chi connectivity index (χ2n) is 15.0. The van der Waals surface area contributed by atoms with Crippen molar-refractivity contribution < 1.29 is 34.8 Å². The smallest absolute Gasteiger partial charge is 0.311 e. The Morgan fingerprint density at radius 3 is 2.37 bits per heavy atom. The first-order valence-corrected chi connectivity index (χ1v) is 17.2. The van der Waals surface area contributed by atoms with Gasteiger partial charge in [-0.25, -0.2) is 0 Å². The van der Waals surface area contributed by atoms with Crippen LogP contribution in [0.2, 0.25) is 0 Å². The van der Waals surface area contributed by atoms with Crippen LogP contribution in [0.15, 0.2) is 28.7 Å². The van der Waals surface area contributed by atoms with E-state index in [0.29, 0.717) is 30.7 Å². The fourth-order valence-corrected chi connectivity index (χ4v) is 10.4. The van der Waals surface area contributed by atoms with Crippen LogP contribution in [0.4, 0.5) is 0 Å². The number of benzene rings is 1. The number of aliphatic hydroxyl groups is 4. The molecule has 0 unspecified atom stereocenters. The summed E-state index contributed by atoms with van der Waals surface area (Å²) >= 11 is 3.34. The zero-order valence-electron chi connectivity index (χ0n) is 26.1. The van der Waals surface area contributed by atoms with Crippen LogP contribution in [-0.4, -0.2) is 63.2 Å². The molecule has 43 heavy (non-hydrogen) atoms. The summed E-state index contributed by atoms with van der Waals surface area (Å²) in [6, 6.07) is 6.86. The maximum absolute atomic E-state index is 12.7. The van der Waals surface area contributed by atoms with E-state index in [1.807, 2.05) is 0 Å². The van der Waals surface area contributed by atoms with Crippen molar-refractivity contribution in [1.82, 2.24) is 0 Å². The van der Waals surface area contributed by atoms with E-state index in [-0.39, 0.29) is 58.9 Å². The zero-order chi connectivity index (χ0) is 31.3. The molecule has 0 amide bonds. The van der Waals surface area contributed by atoms with Crippen LogP contribution in [0.3, 0.4) is 0 Å².